The van der Waals surface area contributed by atoms with E-state index < -0.39 is 0 Å². The normalized spacial score (nSPS) is 11.5. The van der Waals surface area contributed by atoms with Gasteiger partial charge in [0, 0.05) is 18.2 Å². The Balaban J connectivity index is 1.81. The van der Waals surface area contributed by atoms with Crippen molar-refractivity contribution in [2.24, 2.45) is 4.99 Å². The minimum atomic E-state index is -0.328. The number of hydrogen-bond acceptors (Lipinski definition) is 4. The molecule has 0 fully saturated rings. The van der Waals surface area contributed by atoms with Crippen molar-refractivity contribution in [3.63, 3.8) is 0 Å². The lowest BCUT2D eigenvalue weighted by atomic mass is 10.1. The number of hydrogen-bond donors (Lipinski definition) is 0. The zero-order chi connectivity index (χ0) is 22.7. The molecular weight excluding hydrogens is 392 g/mol. The lowest BCUT2D eigenvalue weighted by Gasteiger charge is -2.23. The van der Waals surface area contributed by atoms with E-state index in [0.29, 0.717) is 30.8 Å². The molecule has 0 aromatic heterocycles. The molecule has 31 heavy (non-hydrogen) atoms. The molecule has 2 aromatic carbocycles. The Morgan fingerprint density at radius 3 is 2.19 bits per heavy atom. The van der Waals surface area contributed by atoms with Gasteiger partial charge >= 0.3 is 5.97 Å². The van der Waals surface area contributed by atoms with Gasteiger partial charge < -0.3 is 14.0 Å². The van der Waals surface area contributed by atoms with Crippen LogP contribution in [0.15, 0.2) is 53.5 Å². The van der Waals surface area contributed by atoms with Gasteiger partial charge in [0.05, 0.1) is 33.3 Å². The second-order valence-corrected chi connectivity index (χ2v) is 8.39. The molecule has 2 aromatic rings. The van der Waals surface area contributed by atoms with Crippen molar-refractivity contribution in [3.8, 4) is 5.75 Å². The molecule has 0 heterocycles. The monoisotopic (exact) mass is 425 g/mol. The largest absolute Gasteiger partial charge is 0.494 e. The highest BCUT2D eigenvalue weighted by molar-refractivity contribution is 5.99. The van der Waals surface area contributed by atoms with Crippen molar-refractivity contribution in [3.05, 3.63) is 65.2 Å². The van der Waals surface area contributed by atoms with Crippen molar-refractivity contribution in [1.29, 1.82) is 0 Å². The molecule has 0 N–H and O–H groups in total. The summed E-state index contributed by atoms with van der Waals surface area (Å²) in [5.41, 5.74) is 1.99. The van der Waals surface area contributed by atoms with Crippen molar-refractivity contribution in [2.45, 2.75) is 26.2 Å². The summed E-state index contributed by atoms with van der Waals surface area (Å²) in [5.74, 6) is 0.133. The molecule has 0 aliphatic rings. The molecule has 2 rings (SSSR count). The zero-order valence-electron chi connectivity index (χ0n) is 19.0. The van der Waals surface area contributed by atoms with Crippen LogP contribution in [0, 0.1) is 0 Å². The summed E-state index contributed by atoms with van der Waals surface area (Å²) in [6, 6.07) is 14.2. The highest BCUT2D eigenvalue weighted by Gasteiger charge is 2.11. The topological polar surface area (TPSA) is 65.0 Å². The first-order valence-electron chi connectivity index (χ1n) is 10.6. The summed E-state index contributed by atoms with van der Waals surface area (Å²) in [6.07, 6.45) is 4.17. The second kappa shape index (κ2) is 12.0. The van der Waals surface area contributed by atoms with Gasteiger partial charge in [-0.1, -0.05) is 25.5 Å². The number of carbonyl (C=O) groups excluding carboxylic acids is 2. The molecule has 0 bridgehead atoms. The van der Waals surface area contributed by atoms with Crippen LogP contribution in [0.2, 0.25) is 0 Å². The number of unbranched alkanes of at least 4 members (excludes halogenated alkanes) is 1. The van der Waals surface area contributed by atoms with Crippen molar-refractivity contribution in [2.75, 3.05) is 40.9 Å². The van der Waals surface area contributed by atoms with Gasteiger partial charge in [-0.15, -0.1) is 0 Å². The van der Waals surface area contributed by atoms with Gasteiger partial charge in [-0.3, -0.25) is 4.79 Å². The fraction of sp³-hybridized carbons (Fsp3) is 0.400. The van der Waals surface area contributed by atoms with E-state index in [-0.39, 0.29) is 11.9 Å². The Kier molecular flexibility index (Phi) is 9.40. The first-order valence-corrected chi connectivity index (χ1v) is 10.6. The third-order valence-corrected chi connectivity index (χ3v) is 4.59. The summed E-state index contributed by atoms with van der Waals surface area (Å²) in [7, 11) is 6.15. The van der Waals surface area contributed by atoms with Crippen LogP contribution >= 0.6 is 0 Å². The maximum Gasteiger partial charge on any atom is 0.338 e. The average molecular weight is 426 g/mol. The van der Waals surface area contributed by atoms with Gasteiger partial charge in [0.15, 0.2) is 0 Å². The molecule has 0 aliphatic heterocycles. The average Bonchev–Trinajstić information content (AvgIpc) is 2.74. The number of ether oxygens (including phenoxy) is 2. The van der Waals surface area contributed by atoms with Crippen molar-refractivity contribution in [1.82, 2.24) is 0 Å². The van der Waals surface area contributed by atoms with Crippen LogP contribution in [0.4, 0.5) is 0 Å². The van der Waals surface area contributed by atoms with E-state index in [4.69, 9.17) is 9.47 Å². The highest BCUT2D eigenvalue weighted by Crippen LogP contribution is 2.13. The molecule has 166 valence electrons. The number of aliphatic imine (C=N–C) groups is 1. The molecular formula is C25H33N2O4+. The quantitative estimate of drug-likeness (QED) is 0.234. The van der Waals surface area contributed by atoms with Gasteiger partial charge in [0.1, 0.15) is 18.9 Å². The van der Waals surface area contributed by atoms with Gasteiger partial charge in [0.25, 0.3) is 5.91 Å². The van der Waals surface area contributed by atoms with E-state index >= 15 is 0 Å². The first kappa shape index (κ1) is 24.3. The molecule has 0 saturated carbocycles. The number of benzene rings is 2. The van der Waals surface area contributed by atoms with Gasteiger partial charge in [-0.2, -0.15) is 0 Å². The van der Waals surface area contributed by atoms with Crippen LogP contribution in [-0.2, 0) is 11.2 Å². The zero-order valence-corrected chi connectivity index (χ0v) is 19.0. The fourth-order valence-electron chi connectivity index (χ4n) is 2.61. The van der Waals surface area contributed by atoms with Crippen LogP contribution < -0.4 is 4.74 Å². The summed E-state index contributed by atoms with van der Waals surface area (Å²) < 4.78 is 11.6. The number of likely N-dealkylation sites (N-methyl/N-ethyl adjacent to an activating group) is 1. The lowest BCUT2D eigenvalue weighted by Crippen LogP contribution is -2.38. The molecule has 0 saturated heterocycles. The number of rotatable bonds is 11. The smallest absolute Gasteiger partial charge is 0.338 e. The van der Waals surface area contributed by atoms with Gasteiger partial charge in [0.2, 0.25) is 0 Å². The minimum Gasteiger partial charge on any atom is -0.494 e. The summed E-state index contributed by atoms with van der Waals surface area (Å²) >= 11 is 0. The van der Waals surface area contributed by atoms with Gasteiger partial charge in [-0.25, -0.2) is 9.79 Å². The Hall–Kier alpha value is -2.99. The molecule has 0 unspecified atom stereocenters. The SMILES string of the molecule is CCCCOc1ccc(C(=O)N=CCc2ccc(C(=O)OCC[N+](C)(C)C)cc2)cc1. The predicted octanol–water partition coefficient (Wildman–Crippen LogP) is 4.18. The molecule has 0 radical (unpaired) electrons. The lowest BCUT2D eigenvalue weighted by molar-refractivity contribution is -0.870. The van der Waals surface area contributed by atoms with Crippen LogP contribution in [0.1, 0.15) is 46.0 Å². The number of quaternary nitrogens is 1. The van der Waals surface area contributed by atoms with E-state index in [0.717, 1.165) is 35.2 Å². The number of nitrogens with zero attached hydrogens (tertiary/aromatic N) is 2. The summed E-state index contributed by atoms with van der Waals surface area (Å²) in [6.45, 7) is 3.92. The van der Waals surface area contributed by atoms with E-state index in [1.165, 1.54) is 0 Å². The maximum atomic E-state index is 12.2. The molecule has 1 amide bonds. The number of amides is 1. The van der Waals surface area contributed by atoms with Crippen LogP contribution in [-0.4, -0.2) is 63.5 Å². The minimum absolute atomic E-state index is 0.294. The molecule has 6 heteroatoms. The Labute approximate surface area is 185 Å². The first-order chi connectivity index (χ1) is 14.8. The Bertz CT molecular complexity index is 866. The molecule has 6 nitrogen and oxygen atoms in total. The van der Waals surface area contributed by atoms with E-state index in [9.17, 15) is 9.59 Å². The fourth-order valence-corrected chi connectivity index (χ4v) is 2.61. The number of carbonyl (C=O) groups is 2. The van der Waals surface area contributed by atoms with Crippen LogP contribution in [0.3, 0.4) is 0 Å². The Morgan fingerprint density at radius 1 is 0.935 bits per heavy atom. The molecule has 0 aliphatic carbocycles. The van der Waals surface area contributed by atoms with E-state index in [1.54, 1.807) is 42.6 Å². The Morgan fingerprint density at radius 2 is 1.58 bits per heavy atom. The third kappa shape index (κ3) is 9.13. The van der Waals surface area contributed by atoms with E-state index in [1.807, 2.05) is 33.3 Å². The molecule has 0 spiro atoms. The maximum absolute atomic E-state index is 12.2. The third-order valence-electron chi connectivity index (χ3n) is 4.59. The van der Waals surface area contributed by atoms with Gasteiger partial charge in [-0.05, 0) is 48.4 Å². The van der Waals surface area contributed by atoms with Crippen molar-refractivity contribution >= 4 is 18.1 Å². The number of esters is 1. The molecule has 0 atom stereocenters. The predicted molar refractivity (Wildman–Crippen MR) is 123 cm³/mol. The van der Waals surface area contributed by atoms with E-state index in [2.05, 4.69) is 11.9 Å². The summed E-state index contributed by atoms with van der Waals surface area (Å²) in [5, 5.41) is 0. The second-order valence-electron chi connectivity index (χ2n) is 8.39. The summed E-state index contributed by atoms with van der Waals surface area (Å²) in [4.78, 5) is 28.3. The van der Waals surface area contributed by atoms with Crippen LogP contribution in [0.25, 0.3) is 0 Å². The van der Waals surface area contributed by atoms with Crippen molar-refractivity contribution < 1.29 is 23.5 Å². The standard InChI is InChI=1S/C25H33N2O4/c1-5-6-18-30-23-13-11-21(12-14-23)24(28)26-16-15-20-7-9-22(10-8-20)25(29)31-19-17-27(2,3)4/h7-14,16H,5-6,15,17-19H2,1-4H3/q+1. The van der Waals surface area contributed by atoms with Crippen LogP contribution in [0.5, 0.6) is 5.75 Å². The highest BCUT2D eigenvalue weighted by atomic mass is 16.5.